The molecule has 17 heavy (non-hydrogen) atoms. The molecular formula is C14H13NO2. The maximum atomic E-state index is 12.2. The minimum absolute atomic E-state index is 0.123. The number of hydrogen-bond donors (Lipinski definition) is 0. The zero-order valence-corrected chi connectivity index (χ0v) is 9.81. The Morgan fingerprint density at radius 3 is 2.59 bits per heavy atom. The second-order valence-corrected chi connectivity index (χ2v) is 3.75. The Balaban J connectivity index is 2.40. The molecule has 3 heteroatoms. The van der Waals surface area contributed by atoms with Crippen molar-refractivity contribution < 1.29 is 9.53 Å². The summed E-state index contributed by atoms with van der Waals surface area (Å²) in [6.45, 7) is 1.93. The van der Waals surface area contributed by atoms with Crippen molar-refractivity contribution in [1.82, 2.24) is 4.98 Å². The van der Waals surface area contributed by atoms with E-state index in [1.807, 2.05) is 25.1 Å². The molecule has 1 aromatic heterocycles. The van der Waals surface area contributed by atoms with Crippen LogP contribution in [0.15, 0.2) is 42.6 Å². The third kappa shape index (κ3) is 2.33. The van der Waals surface area contributed by atoms with E-state index in [1.54, 1.807) is 31.5 Å². The Kier molecular flexibility index (Phi) is 3.19. The monoisotopic (exact) mass is 227 g/mol. The molecule has 1 aromatic carbocycles. The first-order valence-corrected chi connectivity index (χ1v) is 5.33. The molecule has 0 spiro atoms. The van der Waals surface area contributed by atoms with E-state index in [-0.39, 0.29) is 5.78 Å². The highest BCUT2D eigenvalue weighted by molar-refractivity contribution is 6.09. The zero-order valence-electron chi connectivity index (χ0n) is 9.81. The standard InChI is InChI=1S/C14H13NO2/c1-10-7-8-12(15-9-10)14(16)11-5-3-4-6-13(11)17-2/h3-9H,1-2H3. The van der Waals surface area contributed by atoms with Gasteiger partial charge >= 0.3 is 0 Å². The van der Waals surface area contributed by atoms with Crippen molar-refractivity contribution in [3.05, 3.63) is 59.4 Å². The van der Waals surface area contributed by atoms with Gasteiger partial charge < -0.3 is 4.74 Å². The van der Waals surface area contributed by atoms with Crippen LogP contribution >= 0.6 is 0 Å². The molecule has 0 bridgehead atoms. The number of pyridine rings is 1. The van der Waals surface area contributed by atoms with Crippen molar-refractivity contribution in [1.29, 1.82) is 0 Å². The maximum absolute atomic E-state index is 12.2. The first-order chi connectivity index (χ1) is 8.22. The molecule has 0 saturated carbocycles. The molecule has 0 saturated heterocycles. The van der Waals surface area contributed by atoms with Crippen molar-refractivity contribution in [3.63, 3.8) is 0 Å². The smallest absolute Gasteiger partial charge is 0.215 e. The Labute approximate surface area is 100 Å². The summed E-state index contributed by atoms with van der Waals surface area (Å²) >= 11 is 0. The molecule has 0 radical (unpaired) electrons. The van der Waals surface area contributed by atoms with Gasteiger partial charge in [0, 0.05) is 6.20 Å². The van der Waals surface area contributed by atoms with E-state index in [4.69, 9.17) is 4.74 Å². The van der Waals surface area contributed by atoms with E-state index >= 15 is 0 Å². The lowest BCUT2D eigenvalue weighted by molar-refractivity contribution is 0.103. The molecule has 0 aliphatic heterocycles. The number of benzene rings is 1. The quantitative estimate of drug-likeness (QED) is 0.757. The van der Waals surface area contributed by atoms with Gasteiger partial charge in [-0.05, 0) is 30.7 Å². The number of carbonyl (C=O) groups excluding carboxylic acids is 1. The van der Waals surface area contributed by atoms with Crippen LogP contribution in [0.4, 0.5) is 0 Å². The number of aryl methyl sites for hydroxylation is 1. The first-order valence-electron chi connectivity index (χ1n) is 5.33. The van der Waals surface area contributed by atoms with Crippen LogP contribution in [0.1, 0.15) is 21.6 Å². The molecule has 2 rings (SSSR count). The summed E-state index contributed by atoms with van der Waals surface area (Å²) in [4.78, 5) is 16.3. The number of methoxy groups -OCH3 is 1. The predicted molar refractivity (Wildman–Crippen MR) is 65.4 cm³/mol. The summed E-state index contributed by atoms with van der Waals surface area (Å²) in [5.41, 5.74) is 1.99. The van der Waals surface area contributed by atoms with Gasteiger partial charge in [-0.15, -0.1) is 0 Å². The van der Waals surface area contributed by atoms with E-state index in [0.717, 1.165) is 5.56 Å². The highest BCUT2D eigenvalue weighted by Gasteiger charge is 2.14. The molecule has 0 unspecified atom stereocenters. The van der Waals surface area contributed by atoms with Crippen molar-refractivity contribution in [2.75, 3.05) is 7.11 Å². The lowest BCUT2D eigenvalue weighted by atomic mass is 10.1. The summed E-state index contributed by atoms with van der Waals surface area (Å²) in [6.07, 6.45) is 1.68. The second-order valence-electron chi connectivity index (χ2n) is 3.75. The van der Waals surface area contributed by atoms with Crippen molar-refractivity contribution in [2.24, 2.45) is 0 Å². The average Bonchev–Trinajstić information content (AvgIpc) is 2.39. The highest BCUT2D eigenvalue weighted by atomic mass is 16.5. The van der Waals surface area contributed by atoms with Crippen LogP contribution in [-0.2, 0) is 0 Å². The fourth-order valence-electron chi connectivity index (χ4n) is 1.57. The molecule has 0 amide bonds. The van der Waals surface area contributed by atoms with E-state index < -0.39 is 0 Å². The van der Waals surface area contributed by atoms with Gasteiger partial charge in [-0.2, -0.15) is 0 Å². The van der Waals surface area contributed by atoms with Gasteiger partial charge in [-0.3, -0.25) is 9.78 Å². The van der Waals surface area contributed by atoms with E-state index in [2.05, 4.69) is 4.98 Å². The van der Waals surface area contributed by atoms with Crippen LogP contribution in [0.25, 0.3) is 0 Å². The molecule has 0 N–H and O–H groups in total. The van der Waals surface area contributed by atoms with Crippen LogP contribution in [0.2, 0.25) is 0 Å². The summed E-state index contributed by atoms with van der Waals surface area (Å²) in [5.74, 6) is 0.447. The van der Waals surface area contributed by atoms with Gasteiger partial charge in [0.1, 0.15) is 11.4 Å². The third-order valence-electron chi connectivity index (χ3n) is 2.50. The van der Waals surface area contributed by atoms with Gasteiger partial charge in [0.25, 0.3) is 0 Å². The average molecular weight is 227 g/mol. The molecule has 0 aliphatic carbocycles. The van der Waals surface area contributed by atoms with Crippen molar-refractivity contribution >= 4 is 5.78 Å². The fourth-order valence-corrected chi connectivity index (χ4v) is 1.57. The highest BCUT2D eigenvalue weighted by Crippen LogP contribution is 2.20. The van der Waals surface area contributed by atoms with Gasteiger partial charge in [0.15, 0.2) is 0 Å². The number of nitrogens with zero attached hydrogens (tertiary/aromatic N) is 1. The van der Waals surface area contributed by atoms with Crippen LogP contribution in [0.5, 0.6) is 5.75 Å². The Morgan fingerprint density at radius 1 is 1.18 bits per heavy atom. The SMILES string of the molecule is COc1ccccc1C(=O)c1ccc(C)cn1. The van der Waals surface area contributed by atoms with Crippen LogP contribution in [-0.4, -0.2) is 17.9 Å². The predicted octanol–water partition coefficient (Wildman–Crippen LogP) is 2.63. The summed E-state index contributed by atoms with van der Waals surface area (Å²) < 4.78 is 5.16. The largest absolute Gasteiger partial charge is 0.496 e. The van der Waals surface area contributed by atoms with Crippen LogP contribution < -0.4 is 4.74 Å². The number of hydrogen-bond acceptors (Lipinski definition) is 3. The molecule has 2 aromatic rings. The van der Waals surface area contributed by atoms with Crippen molar-refractivity contribution in [2.45, 2.75) is 6.92 Å². The van der Waals surface area contributed by atoms with Gasteiger partial charge in [0.2, 0.25) is 5.78 Å². The Hall–Kier alpha value is -2.16. The van der Waals surface area contributed by atoms with E-state index in [9.17, 15) is 4.79 Å². The normalized spacial score (nSPS) is 10.0. The summed E-state index contributed by atoms with van der Waals surface area (Å²) in [5, 5.41) is 0. The number of rotatable bonds is 3. The van der Waals surface area contributed by atoms with E-state index in [1.165, 1.54) is 0 Å². The van der Waals surface area contributed by atoms with Gasteiger partial charge in [-0.25, -0.2) is 0 Å². The van der Waals surface area contributed by atoms with Crippen LogP contribution in [0, 0.1) is 6.92 Å². The number of carbonyl (C=O) groups is 1. The second kappa shape index (κ2) is 4.78. The lowest BCUT2D eigenvalue weighted by Gasteiger charge is -2.06. The Bertz CT molecular complexity index is 532. The number of aromatic nitrogens is 1. The molecule has 1 heterocycles. The van der Waals surface area contributed by atoms with Gasteiger partial charge in [0.05, 0.1) is 12.7 Å². The Morgan fingerprint density at radius 2 is 1.94 bits per heavy atom. The zero-order chi connectivity index (χ0) is 12.3. The van der Waals surface area contributed by atoms with Gasteiger partial charge in [-0.1, -0.05) is 18.2 Å². The maximum Gasteiger partial charge on any atom is 0.215 e. The molecule has 3 nitrogen and oxygen atoms in total. The number of ketones is 1. The minimum Gasteiger partial charge on any atom is -0.496 e. The molecular weight excluding hydrogens is 214 g/mol. The fraction of sp³-hybridized carbons (Fsp3) is 0.143. The molecule has 0 aliphatic rings. The summed E-state index contributed by atoms with van der Waals surface area (Å²) in [7, 11) is 1.55. The summed E-state index contributed by atoms with van der Waals surface area (Å²) in [6, 6.07) is 10.7. The topological polar surface area (TPSA) is 39.2 Å². The van der Waals surface area contributed by atoms with E-state index in [0.29, 0.717) is 17.0 Å². The lowest BCUT2D eigenvalue weighted by Crippen LogP contribution is -2.05. The third-order valence-corrected chi connectivity index (χ3v) is 2.50. The number of para-hydroxylation sites is 1. The number of ether oxygens (including phenoxy) is 1. The van der Waals surface area contributed by atoms with Crippen molar-refractivity contribution in [3.8, 4) is 5.75 Å². The molecule has 0 fully saturated rings. The minimum atomic E-state index is -0.123. The first kappa shape index (κ1) is 11.3. The molecule has 86 valence electrons. The molecule has 0 atom stereocenters. The van der Waals surface area contributed by atoms with Crippen LogP contribution in [0.3, 0.4) is 0 Å².